The molecule has 0 atom stereocenters. The minimum Gasteiger partial charge on any atom is -0.479 e. The molecule has 2 rings (SSSR count). The number of nitrogens with one attached hydrogen (secondary N) is 1. The average molecular weight is 216 g/mol. The third-order valence-corrected chi connectivity index (χ3v) is 2.99. The van der Waals surface area contributed by atoms with Crippen LogP contribution in [0.5, 0.6) is 5.75 Å². The molecule has 0 amide bonds. The van der Waals surface area contributed by atoms with E-state index in [2.05, 4.69) is 17.4 Å². The van der Waals surface area contributed by atoms with Crippen LogP contribution in [0.25, 0.3) is 0 Å². The van der Waals surface area contributed by atoms with E-state index in [4.69, 9.17) is 10.00 Å². The van der Waals surface area contributed by atoms with Crippen LogP contribution in [0.2, 0.25) is 0 Å². The Morgan fingerprint density at radius 3 is 2.56 bits per heavy atom. The maximum absolute atomic E-state index is 8.40. The zero-order valence-corrected chi connectivity index (χ0v) is 9.28. The third kappa shape index (κ3) is 2.74. The van der Waals surface area contributed by atoms with Gasteiger partial charge in [0, 0.05) is 0 Å². The Morgan fingerprint density at radius 1 is 1.25 bits per heavy atom. The molecule has 84 valence electrons. The predicted molar refractivity (Wildman–Crippen MR) is 62.4 cm³/mol. The fourth-order valence-corrected chi connectivity index (χ4v) is 2.11. The topological polar surface area (TPSA) is 45.0 Å². The monoisotopic (exact) mass is 216 g/mol. The Hall–Kier alpha value is -1.53. The maximum Gasteiger partial charge on any atom is 0.174 e. The van der Waals surface area contributed by atoms with Crippen LogP contribution in [-0.4, -0.2) is 19.7 Å². The minimum atomic E-state index is 0.118. The quantitative estimate of drug-likeness (QED) is 0.841. The molecule has 0 aromatic heterocycles. The lowest BCUT2D eigenvalue weighted by atomic mass is 9.90. The van der Waals surface area contributed by atoms with Gasteiger partial charge in [0.15, 0.2) is 6.61 Å². The highest BCUT2D eigenvalue weighted by atomic mass is 16.5. The van der Waals surface area contributed by atoms with Gasteiger partial charge in [0.25, 0.3) is 0 Å². The average Bonchev–Trinajstić information content (AvgIpc) is 2.38. The number of hydrogen-bond donors (Lipinski definition) is 1. The molecule has 16 heavy (non-hydrogen) atoms. The van der Waals surface area contributed by atoms with Gasteiger partial charge in [-0.15, -0.1) is 0 Å². The van der Waals surface area contributed by atoms with Crippen molar-refractivity contribution in [1.29, 1.82) is 5.26 Å². The fourth-order valence-electron chi connectivity index (χ4n) is 2.11. The molecule has 1 aliphatic rings. The molecule has 1 N–H and O–H groups in total. The number of benzene rings is 1. The van der Waals surface area contributed by atoms with Crippen LogP contribution in [0.15, 0.2) is 24.3 Å². The van der Waals surface area contributed by atoms with Crippen LogP contribution in [-0.2, 0) is 0 Å². The molecule has 0 aliphatic carbocycles. The normalized spacial score (nSPS) is 16.7. The van der Waals surface area contributed by atoms with Crippen molar-refractivity contribution in [2.75, 3.05) is 19.7 Å². The van der Waals surface area contributed by atoms with Gasteiger partial charge in [-0.05, 0) is 49.5 Å². The summed E-state index contributed by atoms with van der Waals surface area (Å²) >= 11 is 0. The molecule has 1 aromatic rings. The van der Waals surface area contributed by atoms with Crippen molar-refractivity contribution in [3.63, 3.8) is 0 Å². The van der Waals surface area contributed by atoms with Crippen LogP contribution in [0.1, 0.15) is 24.3 Å². The summed E-state index contributed by atoms with van der Waals surface area (Å²) in [5, 5.41) is 11.8. The van der Waals surface area contributed by atoms with E-state index in [0.717, 1.165) is 18.8 Å². The molecule has 1 aliphatic heterocycles. The lowest BCUT2D eigenvalue weighted by Crippen LogP contribution is -2.26. The summed E-state index contributed by atoms with van der Waals surface area (Å²) in [6.45, 7) is 2.33. The van der Waals surface area contributed by atoms with Gasteiger partial charge < -0.3 is 10.1 Å². The van der Waals surface area contributed by atoms with Crippen molar-refractivity contribution in [2.45, 2.75) is 18.8 Å². The summed E-state index contributed by atoms with van der Waals surface area (Å²) in [5.74, 6) is 1.45. The van der Waals surface area contributed by atoms with Crippen molar-refractivity contribution in [1.82, 2.24) is 5.32 Å². The van der Waals surface area contributed by atoms with Gasteiger partial charge in [0.2, 0.25) is 0 Å². The summed E-state index contributed by atoms with van der Waals surface area (Å²) in [5.41, 5.74) is 1.38. The molecule has 1 saturated heterocycles. The molecule has 0 bridgehead atoms. The van der Waals surface area contributed by atoms with Crippen LogP contribution in [0.4, 0.5) is 0 Å². The molecular weight excluding hydrogens is 200 g/mol. The van der Waals surface area contributed by atoms with E-state index in [-0.39, 0.29) is 6.61 Å². The van der Waals surface area contributed by atoms with E-state index in [9.17, 15) is 0 Å². The molecule has 0 spiro atoms. The molecule has 1 aromatic carbocycles. The molecule has 1 heterocycles. The zero-order chi connectivity index (χ0) is 11.2. The van der Waals surface area contributed by atoms with Gasteiger partial charge in [0.1, 0.15) is 11.8 Å². The summed E-state index contributed by atoms with van der Waals surface area (Å²) < 4.78 is 5.22. The number of nitrogens with zero attached hydrogens (tertiary/aromatic N) is 1. The predicted octanol–water partition coefficient (Wildman–Crippen LogP) is 2.06. The summed E-state index contributed by atoms with van der Waals surface area (Å²) in [6, 6.07) is 10.1. The maximum atomic E-state index is 8.40. The van der Waals surface area contributed by atoms with Gasteiger partial charge in [0.05, 0.1) is 0 Å². The van der Waals surface area contributed by atoms with Crippen LogP contribution in [0.3, 0.4) is 0 Å². The zero-order valence-electron chi connectivity index (χ0n) is 9.28. The van der Waals surface area contributed by atoms with Gasteiger partial charge in [-0.3, -0.25) is 0 Å². The smallest absolute Gasteiger partial charge is 0.174 e. The number of rotatable bonds is 3. The summed E-state index contributed by atoms with van der Waals surface area (Å²) in [4.78, 5) is 0. The molecule has 3 nitrogen and oxygen atoms in total. The molecule has 0 unspecified atom stereocenters. The standard InChI is InChI=1S/C13H16N2O/c14-7-10-16-13-3-1-11(2-4-13)12-5-8-15-9-6-12/h1-4,12,15H,5-6,8-10H2. The van der Waals surface area contributed by atoms with E-state index in [1.807, 2.05) is 18.2 Å². The number of nitriles is 1. The first-order valence-electron chi connectivity index (χ1n) is 5.70. The largest absolute Gasteiger partial charge is 0.479 e. The second-order valence-corrected chi connectivity index (χ2v) is 4.04. The lowest BCUT2D eigenvalue weighted by Gasteiger charge is -2.23. The molecular formula is C13H16N2O. The van der Waals surface area contributed by atoms with Crippen LogP contribution in [0, 0.1) is 11.3 Å². The SMILES string of the molecule is N#CCOc1ccc(C2CCNCC2)cc1. The first-order chi connectivity index (χ1) is 7.90. The second-order valence-electron chi connectivity index (χ2n) is 4.04. The number of piperidine rings is 1. The van der Waals surface area contributed by atoms with Crippen molar-refractivity contribution >= 4 is 0 Å². The van der Waals surface area contributed by atoms with Gasteiger partial charge >= 0.3 is 0 Å². The van der Waals surface area contributed by atoms with Gasteiger partial charge in [-0.25, -0.2) is 0 Å². The number of ether oxygens (including phenoxy) is 1. The van der Waals surface area contributed by atoms with Crippen molar-refractivity contribution < 1.29 is 4.74 Å². The van der Waals surface area contributed by atoms with E-state index >= 15 is 0 Å². The van der Waals surface area contributed by atoms with E-state index in [0.29, 0.717) is 5.92 Å². The highest BCUT2D eigenvalue weighted by molar-refractivity contribution is 5.29. The molecule has 0 saturated carbocycles. The third-order valence-electron chi connectivity index (χ3n) is 2.99. The molecule has 0 radical (unpaired) electrons. The Labute approximate surface area is 96.0 Å². The highest BCUT2D eigenvalue weighted by Gasteiger charge is 2.14. The highest BCUT2D eigenvalue weighted by Crippen LogP contribution is 2.26. The minimum absolute atomic E-state index is 0.118. The summed E-state index contributed by atoms with van der Waals surface area (Å²) in [7, 11) is 0. The number of hydrogen-bond acceptors (Lipinski definition) is 3. The molecule has 3 heteroatoms. The van der Waals surface area contributed by atoms with Crippen LogP contribution < -0.4 is 10.1 Å². The fraction of sp³-hybridized carbons (Fsp3) is 0.462. The van der Waals surface area contributed by atoms with E-state index in [1.165, 1.54) is 18.4 Å². The van der Waals surface area contributed by atoms with Crippen molar-refractivity contribution in [2.24, 2.45) is 0 Å². The Balaban J connectivity index is 1.98. The van der Waals surface area contributed by atoms with Crippen LogP contribution >= 0.6 is 0 Å². The second kappa shape index (κ2) is 5.53. The van der Waals surface area contributed by atoms with E-state index < -0.39 is 0 Å². The Morgan fingerprint density at radius 2 is 1.94 bits per heavy atom. The first kappa shape index (κ1) is 11.0. The van der Waals surface area contributed by atoms with Crippen molar-refractivity contribution in [3.8, 4) is 11.8 Å². The van der Waals surface area contributed by atoms with Gasteiger partial charge in [-0.1, -0.05) is 12.1 Å². The molecule has 1 fully saturated rings. The van der Waals surface area contributed by atoms with E-state index in [1.54, 1.807) is 0 Å². The van der Waals surface area contributed by atoms with Gasteiger partial charge in [-0.2, -0.15) is 5.26 Å². The van der Waals surface area contributed by atoms with Crippen molar-refractivity contribution in [3.05, 3.63) is 29.8 Å². The Bertz CT molecular complexity index is 361. The first-order valence-corrected chi connectivity index (χ1v) is 5.70. The lowest BCUT2D eigenvalue weighted by molar-refractivity contribution is 0.367. The Kier molecular flexibility index (Phi) is 3.79. The summed E-state index contributed by atoms with van der Waals surface area (Å²) in [6.07, 6.45) is 2.41.